The number of thioether (sulfide) groups is 1. The topological polar surface area (TPSA) is 80.1 Å². The number of hydrogen-bond acceptors (Lipinski definition) is 6. The lowest BCUT2D eigenvalue weighted by Crippen LogP contribution is -2.19. The van der Waals surface area contributed by atoms with Gasteiger partial charge in [-0.3, -0.25) is 9.78 Å². The van der Waals surface area contributed by atoms with E-state index < -0.39 is 0 Å². The summed E-state index contributed by atoms with van der Waals surface area (Å²) in [4.78, 5) is 25.3. The van der Waals surface area contributed by atoms with Gasteiger partial charge >= 0.3 is 0 Å². The number of hydrogen-bond donors (Lipinski definition) is 1. The van der Waals surface area contributed by atoms with Crippen molar-refractivity contribution in [3.63, 3.8) is 0 Å². The molecule has 0 atom stereocenters. The maximum absolute atomic E-state index is 12.3. The van der Waals surface area contributed by atoms with E-state index in [2.05, 4.69) is 25.5 Å². The molecular weight excluding hydrogens is 370 g/mol. The van der Waals surface area contributed by atoms with Crippen LogP contribution >= 0.6 is 11.8 Å². The number of amides is 1. The third-order valence-corrected chi connectivity index (χ3v) is 4.83. The number of pyridine rings is 1. The summed E-state index contributed by atoms with van der Waals surface area (Å²) in [6.45, 7) is 5.73. The second kappa shape index (κ2) is 9.23. The van der Waals surface area contributed by atoms with E-state index in [9.17, 15) is 4.79 Å². The van der Waals surface area contributed by atoms with Gasteiger partial charge < -0.3 is 0 Å². The number of rotatable bonds is 6. The highest BCUT2D eigenvalue weighted by atomic mass is 32.2. The van der Waals surface area contributed by atoms with Gasteiger partial charge in [0.25, 0.3) is 5.91 Å². The minimum atomic E-state index is -0.257. The molecule has 0 aliphatic rings. The van der Waals surface area contributed by atoms with Crippen LogP contribution in [0, 0.1) is 13.8 Å². The fourth-order valence-electron chi connectivity index (χ4n) is 2.49. The molecule has 142 valence electrons. The van der Waals surface area contributed by atoms with E-state index in [1.165, 1.54) is 0 Å². The quantitative estimate of drug-likeness (QED) is 0.298. The highest BCUT2D eigenvalue weighted by molar-refractivity contribution is 7.98. The third kappa shape index (κ3) is 5.47. The molecular formula is C21H21N5OS. The maximum Gasteiger partial charge on any atom is 0.271 e. The van der Waals surface area contributed by atoms with Gasteiger partial charge in [-0.25, -0.2) is 15.4 Å². The lowest BCUT2D eigenvalue weighted by Gasteiger charge is -2.05. The molecule has 0 saturated carbocycles. The summed E-state index contributed by atoms with van der Waals surface area (Å²) >= 11 is 1.58. The molecule has 3 aromatic rings. The van der Waals surface area contributed by atoms with Gasteiger partial charge in [-0.05, 0) is 56.7 Å². The number of nitrogens with one attached hydrogen (secondary N) is 1. The minimum Gasteiger partial charge on any atom is -0.267 e. The molecule has 0 aliphatic carbocycles. The number of aromatic nitrogens is 3. The Kier molecular flexibility index (Phi) is 6.49. The number of nitrogens with zero attached hydrogens (tertiary/aromatic N) is 4. The molecule has 0 fully saturated rings. The van der Waals surface area contributed by atoms with E-state index >= 15 is 0 Å². The zero-order valence-electron chi connectivity index (χ0n) is 16.0. The molecule has 3 rings (SSSR count). The van der Waals surface area contributed by atoms with Crippen molar-refractivity contribution < 1.29 is 4.79 Å². The molecule has 6 nitrogen and oxygen atoms in total. The molecule has 1 amide bonds. The van der Waals surface area contributed by atoms with Crippen molar-refractivity contribution in [2.24, 2.45) is 5.10 Å². The maximum atomic E-state index is 12.3. The van der Waals surface area contributed by atoms with Gasteiger partial charge in [-0.1, -0.05) is 30.0 Å². The summed E-state index contributed by atoms with van der Waals surface area (Å²) in [5.74, 6) is 0.481. The van der Waals surface area contributed by atoms with Crippen molar-refractivity contribution in [3.05, 3.63) is 82.9 Å². The summed E-state index contributed by atoms with van der Waals surface area (Å²) < 4.78 is 0. The van der Waals surface area contributed by atoms with Crippen molar-refractivity contribution >= 4 is 23.4 Å². The average Bonchev–Trinajstić information content (AvgIpc) is 2.70. The molecule has 0 bridgehead atoms. The van der Waals surface area contributed by atoms with Crippen LogP contribution in [0.5, 0.6) is 0 Å². The summed E-state index contributed by atoms with van der Waals surface area (Å²) in [6, 6.07) is 15.0. The van der Waals surface area contributed by atoms with E-state index in [0.717, 1.165) is 33.6 Å². The van der Waals surface area contributed by atoms with Gasteiger partial charge in [0.2, 0.25) is 0 Å². The zero-order valence-corrected chi connectivity index (χ0v) is 16.8. The van der Waals surface area contributed by atoms with Crippen molar-refractivity contribution in [1.82, 2.24) is 20.4 Å². The van der Waals surface area contributed by atoms with Gasteiger partial charge in [-0.15, -0.1) is 0 Å². The Morgan fingerprint density at radius 1 is 1.07 bits per heavy atom. The van der Waals surface area contributed by atoms with Gasteiger partial charge in [0, 0.05) is 28.9 Å². The van der Waals surface area contributed by atoms with Gasteiger partial charge in [-0.2, -0.15) is 5.10 Å². The van der Waals surface area contributed by atoms with Crippen molar-refractivity contribution in [1.29, 1.82) is 0 Å². The van der Waals surface area contributed by atoms with Gasteiger partial charge in [0.15, 0.2) is 5.16 Å². The second-order valence-corrected chi connectivity index (χ2v) is 7.21. The lowest BCUT2D eigenvalue weighted by atomic mass is 10.1. The molecule has 2 heterocycles. The minimum absolute atomic E-state index is 0.257. The fraction of sp³-hybridized carbons (Fsp3) is 0.190. The van der Waals surface area contributed by atoms with Crippen LogP contribution in [0.2, 0.25) is 0 Å². The zero-order chi connectivity index (χ0) is 19.9. The van der Waals surface area contributed by atoms with Gasteiger partial charge in [0.1, 0.15) is 0 Å². The first-order chi connectivity index (χ1) is 13.5. The highest BCUT2D eigenvalue weighted by Crippen LogP contribution is 2.20. The summed E-state index contributed by atoms with van der Waals surface area (Å²) in [6.07, 6.45) is 1.69. The van der Waals surface area contributed by atoms with Crippen LogP contribution in [-0.2, 0) is 5.75 Å². The first-order valence-electron chi connectivity index (χ1n) is 8.81. The van der Waals surface area contributed by atoms with Crippen LogP contribution in [0.25, 0.3) is 0 Å². The molecule has 7 heteroatoms. The van der Waals surface area contributed by atoms with E-state index in [-0.39, 0.29) is 5.91 Å². The molecule has 0 spiro atoms. The summed E-state index contributed by atoms with van der Waals surface area (Å²) in [5.41, 5.74) is 7.51. The van der Waals surface area contributed by atoms with Crippen molar-refractivity contribution in [3.8, 4) is 0 Å². The van der Waals surface area contributed by atoms with E-state index in [1.807, 2.05) is 50.2 Å². The Morgan fingerprint density at radius 3 is 2.43 bits per heavy atom. The van der Waals surface area contributed by atoms with Gasteiger partial charge in [0.05, 0.1) is 11.4 Å². The molecule has 0 unspecified atom stereocenters. The Bertz CT molecular complexity index is 967. The van der Waals surface area contributed by atoms with Crippen LogP contribution in [0.3, 0.4) is 0 Å². The normalized spacial score (nSPS) is 11.3. The molecule has 2 aromatic heterocycles. The Hall–Kier alpha value is -3.06. The molecule has 0 aliphatic heterocycles. The smallest absolute Gasteiger partial charge is 0.267 e. The Balaban J connectivity index is 1.58. The second-order valence-electron chi connectivity index (χ2n) is 6.27. The largest absolute Gasteiger partial charge is 0.271 e. The fourth-order valence-corrected chi connectivity index (χ4v) is 3.40. The van der Waals surface area contributed by atoms with E-state index in [0.29, 0.717) is 11.3 Å². The SMILES string of the molecule is C/C(=N/NC(=O)c1ccc(CSc2nc(C)cc(C)n2)cc1)c1ccccn1. The molecule has 1 N–H and O–H groups in total. The predicted octanol–water partition coefficient (Wildman–Crippen LogP) is 3.93. The number of benzene rings is 1. The monoisotopic (exact) mass is 391 g/mol. The first-order valence-corrected chi connectivity index (χ1v) is 9.80. The Morgan fingerprint density at radius 2 is 1.79 bits per heavy atom. The van der Waals surface area contributed by atoms with Crippen LogP contribution < -0.4 is 5.43 Å². The summed E-state index contributed by atoms with van der Waals surface area (Å²) in [5, 5.41) is 4.88. The number of aryl methyl sites for hydroxylation is 2. The summed E-state index contributed by atoms with van der Waals surface area (Å²) in [7, 11) is 0. The van der Waals surface area contributed by atoms with E-state index in [4.69, 9.17) is 0 Å². The van der Waals surface area contributed by atoms with Crippen LogP contribution in [0.15, 0.2) is 65.0 Å². The first kappa shape index (κ1) is 19.7. The van der Waals surface area contributed by atoms with Crippen molar-refractivity contribution in [2.75, 3.05) is 0 Å². The molecule has 1 aromatic carbocycles. The average molecular weight is 392 g/mol. The molecule has 0 saturated heterocycles. The highest BCUT2D eigenvalue weighted by Gasteiger charge is 2.07. The number of carbonyl (C=O) groups is 1. The molecule has 0 radical (unpaired) electrons. The predicted molar refractivity (Wildman–Crippen MR) is 111 cm³/mol. The number of hydrazone groups is 1. The third-order valence-electron chi connectivity index (χ3n) is 3.91. The molecule has 28 heavy (non-hydrogen) atoms. The van der Waals surface area contributed by atoms with Crippen LogP contribution in [0.1, 0.15) is 39.9 Å². The van der Waals surface area contributed by atoms with Crippen LogP contribution in [0.4, 0.5) is 0 Å². The number of carbonyl (C=O) groups excluding carboxylic acids is 1. The lowest BCUT2D eigenvalue weighted by molar-refractivity contribution is 0.0955. The van der Waals surface area contributed by atoms with E-state index in [1.54, 1.807) is 37.0 Å². The van der Waals surface area contributed by atoms with Crippen molar-refractivity contribution in [2.45, 2.75) is 31.7 Å². The Labute approximate surface area is 168 Å². The standard InChI is InChI=1S/C21H21N5OS/c1-14-12-15(2)24-21(23-14)28-13-17-7-9-18(10-8-17)20(27)26-25-16(3)19-6-4-5-11-22-19/h4-12H,13H2,1-3H3,(H,26,27)/b25-16-. The van der Waals surface area contributed by atoms with Crippen LogP contribution in [-0.4, -0.2) is 26.6 Å².